The molecule has 1 rings (SSSR count). The molecule has 0 spiro atoms. The fourth-order valence-electron chi connectivity index (χ4n) is 1.42. The predicted molar refractivity (Wildman–Crippen MR) is 84.9 cm³/mol. The summed E-state index contributed by atoms with van der Waals surface area (Å²) >= 11 is 11.8. The van der Waals surface area contributed by atoms with Gasteiger partial charge in [0.1, 0.15) is 5.60 Å². The number of halogens is 3. The van der Waals surface area contributed by atoms with Crippen LogP contribution >= 0.6 is 35.6 Å². The van der Waals surface area contributed by atoms with Gasteiger partial charge in [0.15, 0.2) is 0 Å². The number of benzene rings is 1. The summed E-state index contributed by atoms with van der Waals surface area (Å²) < 4.78 is 5.11. The minimum Gasteiger partial charge on any atom is -0.444 e. The molecule has 0 bridgehead atoms. The summed E-state index contributed by atoms with van der Waals surface area (Å²) in [5.74, 6) is 0. The van der Waals surface area contributed by atoms with Crippen molar-refractivity contribution in [2.45, 2.75) is 32.4 Å². The van der Waals surface area contributed by atoms with E-state index in [1.165, 1.54) is 0 Å². The van der Waals surface area contributed by atoms with Gasteiger partial charge in [-0.05, 0) is 38.5 Å². The summed E-state index contributed by atoms with van der Waals surface area (Å²) in [4.78, 5) is 11.5. The van der Waals surface area contributed by atoms with Crippen LogP contribution in [0.25, 0.3) is 0 Å². The van der Waals surface area contributed by atoms with Gasteiger partial charge in [-0.3, -0.25) is 0 Å². The molecule has 0 aliphatic carbocycles. The molecule has 3 N–H and O–H groups in total. The maximum absolute atomic E-state index is 11.5. The first-order chi connectivity index (χ1) is 8.69. The Morgan fingerprint density at radius 3 is 2.50 bits per heavy atom. The van der Waals surface area contributed by atoms with E-state index < -0.39 is 17.7 Å². The Morgan fingerprint density at radius 2 is 2.00 bits per heavy atom. The van der Waals surface area contributed by atoms with Gasteiger partial charge < -0.3 is 15.8 Å². The number of hydrogen-bond donors (Lipinski definition) is 2. The van der Waals surface area contributed by atoms with Gasteiger partial charge >= 0.3 is 6.09 Å². The van der Waals surface area contributed by atoms with E-state index in [1.807, 2.05) is 0 Å². The van der Waals surface area contributed by atoms with Crippen LogP contribution in [0, 0.1) is 0 Å². The fraction of sp³-hybridized carbons (Fsp3) is 0.462. The van der Waals surface area contributed by atoms with Gasteiger partial charge in [-0.2, -0.15) is 0 Å². The van der Waals surface area contributed by atoms with Gasteiger partial charge in [0, 0.05) is 22.6 Å². The van der Waals surface area contributed by atoms with Crippen molar-refractivity contribution in [1.29, 1.82) is 0 Å². The van der Waals surface area contributed by atoms with Gasteiger partial charge in [-0.1, -0.05) is 29.3 Å². The molecule has 1 atom stereocenters. The van der Waals surface area contributed by atoms with Crippen LogP contribution in [0.3, 0.4) is 0 Å². The monoisotopic (exact) mass is 340 g/mol. The first-order valence-corrected chi connectivity index (χ1v) is 6.62. The molecule has 1 aromatic carbocycles. The lowest BCUT2D eigenvalue weighted by atomic mass is 10.1. The first-order valence-electron chi connectivity index (χ1n) is 5.86. The van der Waals surface area contributed by atoms with Crippen molar-refractivity contribution in [1.82, 2.24) is 5.32 Å². The van der Waals surface area contributed by atoms with Crippen LogP contribution in [-0.4, -0.2) is 18.2 Å². The third kappa shape index (κ3) is 6.66. The number of amides is 1. The number of nitrogens with two attached hydrogens (primary N) is 1. The van der Waals surface area contributed by atoms with Gasteiger partial charge in [-0.25, -0.2) is 4.79 Å². The van der Waals surface area contributed by atoms with Gasteiger partial charge in [0.2, 0.25) is 0 Å². The number of nitrogens with one attached hydrogen (secondary N) is 1. The largest absolute Gasteiger partial charge is 0.444 e. The lowest BCUT2D eigenvalue weighted by Gasteiger charge is -2.21. The molecule has 1 aromatic rings. The zero-order chi connectivity index (χ0) is 14.6. The Bertz CT molecular complexity index is 461. The SMILES string of the molecule is CC(C)(C)OC(=O)NCC(N)c1ccc(Cl)cc1Cl.Cl. The average Bonchev–Trinajstić information content (AvgIpc) is 2.23. The van der Waals surface area contributed by atoms with E-state index in [-0.39, 0.29) is 19.0 Å². The molecule has 0 saturated heterocycles. The molecule has 0 aliphatic rings. The van der Waals surface area contributed by atoms with E-state index in [1.54, 1.807) is 39.0 Å². The minimum absolute atomic E-state index is 0. The highest BCUT2D eigenvalue weighted by Gasteiger charge is 2.17. The van der Waals surface area contributed by atoms with Crippen LogP contribution in [0.1, 0.15) is 32.4 Å². The number of ether oxygens (including phenoxy) is 1. The van der Waals surface area contributed by atoms with Gasteiger partial charge in [0.25, 0.3) is 0 Å². The second-order valence-corrected chi connectivity index (χ2v) is 6.00. The topological polar surface area (TPSA) is 64.3 Å². The Morgan fingerprint density at radius 1 is 1.40 bits per heavy atom. The molecule has 7 heteroatoms. The zero-order valence-corrected chi connectivity index (χ0v) is 13.9. The molecule has 0 fully saturated rings. The standard InChI is InChI=1S/C13H18Cl2N2O2.ClH/c1-13(2,3)19-12(18)17-7-11(16)9-5-4-8(14)6-10(9)15;/h4-6,11H,7,16H2,1-3H3,(H,17,18);1H. The summed E-state index contributed by atoms with van der Waals surface area (Å²) in [5, 5.41) is 3.62. The van der Waals surface area contributed by atoms with Crippen molar-refractivity contribution in [3.8, 4) is 0 Å². The molecule has 20 heavy (non-hydrogen) atoms. The Hall–Kier alpha value is -0.680. The fourth-order valence-corrected chi connectivity index (χ4v) is 1.97. The third-order valence-corrected chi connectivity index (χ3v) is 2.79. The normalized spacial score (nSPS) is 12.3. The predicted octanol–water partition coefficient (Wildman–Crippen LogP) is 3.94. The van der Waals surface area contributed by atoms with Gasteiger partial charge in [0.05, 0.1) is 0 Å². The zero-order valence-electron chi connectivity index (χ0n) is 11.6. The van der Waals surface area contributed by atoms with E-state index in [2.05, 4.69) is 5.32 Å². The Balaban J connectivity index is 0.00000361. The van der Waals surface area contributed by atoms with Crippen LogP contribution < -0.4 is 11.1 Å². The first kappa shape index (κ1) is 19.3. The maximum Gasteiger partial charge on any atom is 0.407 e. The number of alkyl carbamates (subject to hydrolysis) is 1. The van der Waals surface area contributed by atoms with E-state index in [0.717, 1.165) is 5.56 Å². The molecule has 4 nitrogen and oxygen atoms in total. The van der Waals surface area contributed by atoms with E-state index in [9.17, 15) is 4.79 Å². The molecule has 0 heterocycles. The van der Waals surface area contributed by atoms with E-state index in [0.29, 0.717) is 10.0 Å². The highest BCUT2D eigenvalue weighted by atomic mass is 35.5. The summed E-state index contributed by atoms with van der Waals surface area (Å²) in [7, 11) is 0. The van der Waals surface area contributed by atoms with Crippen LogP contribution in [-0.2, 0) is 4.74 Å². The lowest BCUT2D eigenvalue weighted by molar-refractivity contribution is 0.0524. The Kier molecular flexibility index (Phi) is 7.66. The Labute approximate surface area is 135 Å². The van der Waals surface area contributed by atoms with Crippen molar-refractivity contribution in [3.63, 3.8) is 0 Å². The number of hydrogen-bond acceptors (Lipinski definition) is 3. The van der Waals surface area contributed by atoms with Crippen LogP contribution in [0.15, 0.2) is 18.2 Å². The number of carbonyl (C=O) groups excluding carboxylic acids is 1. The maximum atomic E-state index is 11.5. The molecule has 0 aliphatic heterocycles. The van der Waals surface area contributed by atoms with Crippen LogP contribution in [0.4, 0.5) is 4.79 Å². The third-order valence-electron chi connectivity index (χ3n) is 2.23. The average molecular weight is 342 g/mol. The molecule has 114 valence electrons. The summed E-state index contributed by atoms with van der Waals surface area (Å²) in [6.07, 6.45) is -0.506. The smallest absolute Gasteiger partial charge is 0.407 e. The van der Waals surface area contributed by atoms with Crippen molar-refractivity contribution < 1.29 is 9.53 Å². The van der Waals surface area contributed by atoms with Crippen LogP contribution in [0.5, 0.6) is 0 Å². The molecule has 1 amide bonds. The van der Waals surface area contributed by atoms with Crippen molar-refractivity contribution in [3.05, 3.63) is 33.8 Å². The summed E-state index contributed by atoms with van der Waals surface area (Å²) in [5.41, 5.74) is 6.15. The summed E-state index contributed by atoms with van der Waals surface area (Å²) in [6.45, 7) is 5.62. The molecule has 0 aromatic heterocycles. The highest BCUT2D eigenvalue weighted by Crippen LogP contribution is 2.24. The van der Waals surface area contributed by atoms with Crippen molar-refractivity contribution in [2.75, 3.05) is 6.54 Å². The van der Waals surface area contributed by atoms with E-state index in [4.69, 9.17) is 33.7 Å². The summed E-state index contributed by atoms with van der Waals surface area (Å²) in [6, 6.07) is 4.64. The second-order valence-electron chi connectivity index (χ2n) is 5.16. The quantitative estimate of drug-likeness (QED) is 0.875. The molecule has 0 saturated carbocycles. The molecule has 0 radical (unpaired) electrons. The number of carbonyl (C=O) groups is 1. The second kappa shape index (κ2) is 7.93. The minimum atomic E-state index is -0.536. The molecular weight excluding hydrogens is 323 g/mol. The van der Waals surface area contributed by atoms with Gasteiger partial charge in [-0.15, -0.1) is 12.4 Å². The lowest BCUT2D eigenvalue weighted by Crippen LogP contribution is -2.36. The van der Waals surface area contributed by atoms with Crippen LogP contribution in [0.2, 0.25) is 10.0 Å². The highest BCUT2D eigenvalue weighted by molar-refractivity contribution is 6.35. The number of rotatable bonds is 3. The van der Waals surface area contributed by atoms with Crippen molar-refractivity contribution >= 4 is 41.7 Å². The van der Waals surface area contributed by atoms with E-state index >= 15 is 0 Å². The molecular formula is C13H19Cl3N2O2. The van der Waals surface area contributed by atoms with Crippen molar-refractivity contribution in [2.24, 2.45) is 5.73 Å². The molecule has 1 unspecified atom stereocenters.